The van der Waals surface area contributed by atoms with Crippen molar-refractivity contribution in [2.24, 2.45) is 0 Å². The number of unbranched alkanes of at least 4 members (excludes halogenated alkanes) is 1. The Kier molecular flexibility index (Phi) is 6.38. The van der Waals surface area contributed by atoms with Gasteiger partial charge >= 0.3 is 0 Å². The molecule has 0 aromatic rings. The van der Waals surface area contributed by atoms with Gasteiger partial charge in [-0.1, -0.05) is 19.8 Å². The molecule has 0 aromatic heterocycles. The zero-order chi connectivity index (χ0) is 7.98. The maximum atomic E-state index is 10.5. The molecule has 0 radical (unpaired) electrons. The summed E-state index contributed by atoms with van der Waals surface area (Å²) >= 11 is 3.71. The summed E-state index contributed by atoms with van der Waals surface area (Å²) in [6, 6.07) is 0. The minimum absolute atomic E-state index is 0.235. The Balaban J connectivity index is 3.50. The van der Waals surface area contributed by atoms with Gasteiger partial charge in [0, 0.05) is 5.88 Å². The van der Waals surface area contributed by atoms with Crippen molar-refractivity contribution in [2.45, 2.75) is 31.4 Å². The second-order valence-electron chi connectivity index (χ2n) is 2.19. The van der Waals surface area contributed by atoms with Crippen LogP contribution >= 0.6 is 11.6 Å². The van der Waals surface area contributed by atoms with Crippen molar-refractivity contribution in [1.29, 1.82) is 0 Å². The highest BCUT2D eigenvalue weighted by atomic mass is 35.5. The van der Waals surface area contributed by atoms with Crippen LogP contribution in [0.3, 0.4) is 0 Å². The van der Waals surface area contributed by atoms with Gasteiger partial charge in [-0.2, -0.15) is 0 Å². The molecule has 0 saturated carbocycles. The van der Waals surface area contributed by atoms with E-state index >= 15 is 0 Å². The fraction of sp³-hybridized carbons (Fsp3) is 1.00. The second kappa shape index (κ2) is 6.13. The van der Waals surface area contributed by atoms with Gasteiger partial charge in [-0.05, 0) is 6.42 Å². The third kappa shape index (κ3) is 4.25. The van der Waals surface area contributed by atoms with Gasteiger partial charge in [0.2, 0.25) is 0 Å². The molecule has 0 heterocycles. The first-order valence-corrected chi connectivity index (χ1v) is 5.08. The summed E-state index contributed by atoms with van der Waals surface area (Å²) in [4.78, 5) is 0. The Hall–Kier alpha value is 0.400. The molecule has 0 aliphatic carbocycles. The molecule has 4 heteroatoms. The van der Waals surface area contributed by atoms with Crippen LogP contribution in [0.25, 0.3) is 0 Å². The molecule has 2 nitrogen and oxygen atoms in total. The predicted molar refractivity (Wildman–Crippen MR) is 44.8 cm³/mol. The summed E-state index contributed by atoms with van der Waals surface area (Å²) in [5.41, 5.74) is 0. The fourth-order valence-corrected chi connectivity index (χ4v) is 1.62. The normalized spacial score (nSPS) is 16.7. The minimum Gasteiger partial charge on any atom is -0.306 e. The van der Waals surface area contributed by atoms with E-state index in [-0.39, 0.29) is 11.1 Å². The van der Waals surface area contributed by atoms with Crippen LogP contribution in [0, 0.1) is 0 Å². The van der Waals surface area contributed by atoms with E-state index in [1.807, 2.05) is 6.92 Å². The molecule has 62 valence electrons. The van der Waals surface area contributed by atoms with Crippen LogP contribution in [0.5, 0.6) is 0 Å². The molecule has 0 saturated heterocycles. The fourth-order valence-electron chi connectivity index (χ4n) is 0.664. The Bertz CT molecular complexity index is 108. The zero-order valence-electron chi connectivity index (χ0n) is 6.05. The van der Waals surface area contributed by atoms with Crippen LogP contribution in [-0.4, -0.2) is 19.9 Å². The van der Waals surface area contributed by atoms with E-state index in [1.165, 1.54) is 0 Å². The second-order valence-corrected chi connectivity index (χ2v) is 3.72. The van der Waals surface area contributed by atoms with Gasteiger partial charge in [0.05, 0.1) is 5.25 Å². The first kappa shape index (κ1) is 10.4. The molecule has 0 spiro atoms. The van der Waals surface area contributed by atoms with Crippen LogP contribution in [0.2, 0.25) is 0 Å². The molecule has 0 amide bonds. The number of hydrogen-bond donors (Lipinski definition) is 1. The van der Waals surface area contributed by atoms with Crippen molar-refractivity contribution in [1.82, 2.24) is 0 Å². The van der Waals surface area contributed by atoms with Crippen LogP contribution in [0.1, 0.15) is 26.2 Å². The third-order valence-electron chi connectivity index (χ3n) is 1.34. The Morgan fingerprint density at radius 1 is 1.70 bits per heavy atom. The highest BCUT2D eigenvalue weighted by Crippen LogP contribution is 2.07. The standard InChI is InChI=1S/C6H13ClO2S/c1-2-3-4-6(5-7)10(8)9/h6H,2-5H2,1H3,(H,8,9). The van der Waals surface area contributed by atoms with E-state index < -0.39 is 11.1 Å². The lowest BCUT2D eigenvalue weighted by atomic mass is 10.2. The maximum Gasteiger partial charge on any atom is 0.157 e. The zero-order valence-corrected chi connectivity index (χ0v) is 7.62. The van der Waals surface area contributed by atoms with Crippen LogP contribution in [0.15, 0.2) is 0 Å². The van der Waals surface area contributed by atoms with Crippen molar-refractivity contribution >= 4 is 22.7 Å². The topological polar surface area (TPSA) is 37.3 Å². The average molecular weight is 185 g/mol. The monoisotopic (exact) mass is 184 g/mol. The summed E-state index contributed by atoms with van der Waals surface area (Å²) in [5.74, 6) is 0.281. The van der Waals surface area contributed by atoms with E-state index in [1.54, 1.807) is 0 Å². The number of alkyl halides is 1. The molecule has 2 atom stereocenters. The minimum atomic E-state index is -1.74. The van der Waals surface area contributed by atoms with Gasteiger partial charge in [-0.25, -0.2) is 4.21 Å². The Labute approximate surface area is 69.2 Å². The molecule has 2 unspecified atom stereocenters. The van der Waals surface area contributed by atoms with Crippen molar-refractivity contribution in [2.75, 3.05) is 5.88 Å². The van der Waals surface area contributed by atoms with Crippen molar-refractivity contribution < 1.29 is 8.76 Å². The van der Waals surface area contributed by atoms with Gasteiger partial charge < -0.3 is 4.55 Å². The lowest BCUT2D eigenvalue weighted by Crippen LogP contribution is -2.15. The van der Waals surface area contributed by atoms with E-state index in [0.717, 1.165) is 19.3 Å². The van der Waals surface area contributed by atoms with E-state index in [0.29, 0.717) is 0 Å². The van der Waals surface area contributed by atoms with Gasteiger partial charge in [-0.15, -0.1) is 11.6 Å². The van der Waals surface area contributed by atoms with E-state index in [9.17, 15) is 4.21 Å². The summed E-state index contributed by atoms with van der Waals surface area (Å²) in [7, 11) is 0. The first-order valence-electron chi connectivity index (χ1n) is 3.38. The number of hydrogen-bond acceptors (Lipinski definition) is 1. The van der Waals surface area contributed by atoms with Crippen LogP contribution in [0.4, 0.5) is 0 Å². The Morgan fingerprint density at radius 3 is 2.60 bits per heavy atom. The lowest BCUT2D eigenvalue weighted by molar-refractivity contribution is 0.542. The molecule has 0 bridgehead atoms. The lowest BCUT2D eigenvalue weighted by Gasteiger charge is -2.06. The van der Waals surface area contributed by atoms with Crippen molar-refractivity contribution in [3.63, 3.8) is 0 Å². The molecule has 10 heavy (non-hydrogen) atoms. The molecule has 0 aliphatic heterocycles. The van der Waals surface area contributed by atoms with Crippen molar-refractivity contribution in [3.8, 4) is 0 Å². The molecular formula is C6H13ClO2S. The molecule has 0 fully saturated rings. The number of halogens is 1. The van der Waals surface area contributed by atoms with Crippen LogP contribution < -0.4 is 0 Å². The van der Waals surface area contributed by atoms with Gasteiger partial charge in [0.1, 0.15) is 0 Å². The SMILES string of the molecule is CCCCC(CCl)S(=O)O. The summed E-state index contributed by atoms with van der Waals surface area (Å²) in [5, 5.41) is -0.235. The summed E-state index contributed by atoms with van der Waals surface area (Å²) in [6.45, 7) is 2.05. The van der Waals surface area contributed by atoms with Crippen molar-refractivity contribution in [3.05, 3.63) is 0 Å². The van der Waals surface area contributed by atoms with Gasteiger partial charge in [0.15, 0.2) is 11.1 Å². The predicted octanol–water partition coefficient (Wildman–Crippen LogP) is 2.01. The molecule has 0 rings (SSSR count). The van der Waals surface area contributed by atoms with E-state index in [4.69, 9.17) is 16.2 Å². The maximum absolute atomic E-state index is 10.5. The first-order chi connectivity index (χ1) is 4.72. The van der Waals surface area contributed by atoms with E-state index in [2.05, 4.69) is 0 Å². The largest absolute Gasteiger partial charge is 0.306 e. The summed E-state index contributed by atoms with van der Waals surface area (Å²) in [6.07, 6.45) is 2.78. The highest BCUT2D eigenvalue weighted by Gasteiger charge is 2.11. The van der Waals surface area contributed by atoms with Crippen LogP contribution in [-0.2, 0) is 11.1 Å². The molecule has 0 aliphatic rings. The molecule has 0 aromatic carbocycles. The third-order valence-corrected chi connectivity index (χ3v) is 2.87. The van der Waals surface area contributed by atoms with Gasteiger partial charge in [0.25, 0.3) is 0 Å². The quantitative estimate of drug-likeness (QED) is 0.524. The number of rotatable bonds is 5. The molecule has 1 N–H and O–H groups in total. The Morgan fingerprint density at radius 2 is 2.30 bits per heavy atom. The summed E-state index contributed by atoms with van der Waals surface area (Å²) < 4.78 is 19.1. The van der Waals surface area contributed by atoms with Gasteiger partial charge in [-0.3, -0.25) is 0 Å². The average Bonchev–Trinajstić information content (AvgIpc) is 1.89. The highest BCUT2D eigenvalue weighted by molar-refractivity contribution is 7.80. The smallest absolute Gasteiger partial charge is 0.157 e. The molecular weight excluding hydrogens is 172 g/mol.